The number of aryl methyl sites for hydroxylation is 1. The topological polar surface area (TPSA) is 9.23 Å². The summed E-state index contributed by atoms with van der Waals surface area (Å²) in [5.74, 6) is 0.564. The Morgan fingerprint density at radius 1 is 1.06 bits per heavy atom. The maximum atomic E-state index is 13.6. The normalized spacial score (nSPS) is 10.2. The van der Waals surface area contributed by atoms with Crippen molar-refractivity contribution in [1.29, 1.82) is 0 Å². The van der Waals surface area contributed by atoms with Gasteiger partial charge in [-0.1, -0.05) is 30.3 Å². The number of methoxy groups -OCH3 is 1. The van der Waals surface area contributed by atoms with Crippen LogP contribution < -0.4 is 4.74 Å². The van der Waals surface area contributed by atoms with Gasteiger partial charge in [0.05, 0.1) is 7.11 Å². The molecule has 0 spiro atoms. The van der Waals surface area contributed by atoms with Gasteiger partial charge < -0.3 is 4.74 Å². The predicted molar refractivity (Wildman–Crippen MR) is 63.1 cm³/mol. The maximum Gasteiger partial charge on any atom is 0.131 e. The van der Waals surface area contributed by atoms with Crippen LogP contribution in [0.5, 0.6) is 5.75 Å². The Hall–Kier alpha value is -1.83. The summed E-state index contributed by atoms with van der Waals surface area (Å²) in [6.45, 7) is 1.96. The molecule has 0 aliphatic rings. The minimum Gasteiger partial charge on any atom is -0.496 e. The zero-order valence-corrected chi connectivity index (χ0v) is 9.33. The van der Waals surface area contributed by atoms with E-state index in [2.05, 4.69) is 0 Å². The minimum absolute atomic E-state index is 0.214. The second-order valence-corrected chi connectivity index (χ2v) is 3.66. The Kier molecular flexibility index (Phi) is 2.91. The molecule has 0 atom stereocenters. The molecular weight excluding hydrogens is 203 g/mol. The first-order valence-corrected chi connectivity index (χ1v) is 5.12. The summed E-state index contributed by atoms with van der Waals surface area (Å²) in [5.41, 5.74) is 2.48. The average molecular weight is 216 g/mol. The first kappa shape index (κ1) is 10.7. The van der Waals surface area contributed by atoms with E-state index in [0.29, 0.717) is 5.56 Å². The Morgan fingerprint density at radius 3 is 2.50 bits per heavy atom. The third-order valence-electron chi connectivity index (χ3n) is 2.59. The van der Waals surface area contributed by atoms with Gasteiger partial charge in [-0.3, -0.25) is 0 Å². The molecule has 2 aromatic carbocycles. The van der Waals surface area contributed by atoms with Crippen LogP contribution in [0.1, 0.15) is 5.56 Å². The number of ether oxygens (including phenoxy) is 1. The highest BCUT2D eigenvalue weighted by Gasteiger charge is 2.06. The van der Waals surface area contributed by atoms with Crippen LogP contribution in [0.3, 0.4) is 0 Å². The molecule has 0 aromatic heterocycles. The van der Waals surface area contributed by atoms with Crippen LogP contribution in [-0.4, -0.2) is 7.11 Å². The molecular formula is C14H13FO. The number of halogens is 1. The molecule has 0 unspecified atom stereocenters. The highest BCUT2D eigenvalue weighted by atomic mass is 19.1. The number of hydrogen-bond donors (Lipinski definition) is 0. The molecule has 2 aromatic rings. The number of hydrogen-bond acceptors (Lipinski definition) is 1. The van der Waals surface area contributed by atoms with Gasteiger partial charge in [0.1, 0.15) is 11.6 Å². The van der Waals surface area contributed by atoms with Gasteiger partial charge in [-0.25, -0.2) is 4.39 Å². The van der Waals surface area contributed by atoms with Crippen LogP contribution >= 0.6 is 0 Å². The molecule has 0 saturated heterocycles. The van der Waals surface area contributed by atoms with Crippen molar-refractivity contribution in [3.63, 3.8) is 0 Å². The van der Waals surface area contributed by atoms with Crippen molar-refractivity contribution in [2.45, 2.75) is 6.92 Å². The molecule has 0 amide bonds. The van der Waals surface area contributed by atoms with Gasteiger partial charge in [-0.05, 0) is 30.2 Å². The summed E-state index contributed by atoms with van der Waals surface area (Å²) >= 11 is 0. The number of rotatable bonds is 2. The van der Waals surface area contributed by atoms with Gasteiger partial charge in [0.2, 0.25) is 0 Å². The Balaban J connectivity index is 2.53. The fourth-order valence-corrected chi connectivity index (χ4v) is 1.68. The molecule has 0 bridgehead atoms. The number of benzene rings is 2. The quantitative estimate of drug-likeness (QED) is 0.741. The average Bonchev–Trinajstić information content (AvgIpc) is 2.31. The second kappa shape index (κ2) is 4.35. The zero-order chi connectivity index (χ0) is 11.5. The van der Waals surface area contributed by atoms with Gasteiger partial charge in [0, 0.05) is 5.56 Å². The lowest BCUT2D eigenvalue weighted by Gasteiger charge is -2.08. The van der Waals surface area contributed by atoms with Crippen molar-refractivity contribution in [2.24, 2.45) is 0 Å². The Bertz CT molecular complexity index is 506. The third-order valence-corrected chi connectivity index (χ3v) is 2.59. The summed E-state index contributed by atoms with van der Waals surface area (Å²) < 4.78 is 18.8. The van der Waals surface area contributed by atoms with Crippen molar-refractivity contribution in [1.82, 2.24) is 0 Å². The predicted octanol–water partition coefficient (Wildman–Crippen LogP) is 3.81. The molecule has 2 rings (SSSR count). The van der Waals surface area contributed by atoms with Crippen LogP contribution in [-0.2, 0) is 0 Å². The SMILES string of the molecule is COc1cc(-c2ccccc2F)ccc1C. The molecule has 82 valence electrons. The molecule has 1 nitrogen and oxygen atoms in total. The summed E-state index contributed by atoms with van der Waals surface area (Å²) in [4.78, 5) is 0. The van der Waals surface area contributed by atoms with Crippen LogP contribution in [0, 0.1) is 12.7 Å². The minimum atomic E-state index is -0.214. The molecule has 0 saturated carbocycles. The van der Waals surface area contributed by atoms with Crippen molar-refractivity contribution in [3.8, 4) is 16.9 Å². The molecule has 16 heavy (non-hydrogen) atoms. The smallest absolute Gasteiger partial charge is 0.131 e. The fraction of sp³-hybridized carbons (Fsp3) is 0.143. The van der Waals surface area contributed by atoms with Crippen molar-refractivity contribution >= 4 is 0 Å². The van der Waals surface area contributed by atoms with E-state index in [-0.39, 0.29) is 5.82 Å². The van der Waals surface area contributed by atoms with Gasteiger partial charge in [-0.15, -0.1) is 0 Å². The van der Waals surface area contributed by atoms with E-state index in [0.717, 1.165) is 16.9 Å². The van der Waals surface area contributed by atoms with E-state index in [4.69, 9.17) is 4.74 Å². The van der Waals surface area contributed by atoms with Crippen LogP contribution in [0.15, 0.2) is 42.5 Å². The second-order valence-electron chi connectivity index (χ2n) is 3.66. The van der Waals surface area contributed by atoms with Crippen molar-refractivity contribution in [2.75, 3.05) is 7.11 Å². The molecule has 0 radical (unpaired) electrons. The van der Waals surface area contributed by atoms with Gasteiger partial charge in [0.25, 0.3) is 0 Å². The molecule has 0 N–H and O–H groups in total. The lowest BCUT2D eigenvalue weighted by Crippen LogP contribution is -1.89. The Morgan fingerprint density at radius 2 is 1.81 bits per heavy atom. The highest BCUT2D eigenvalue weighted by Crippen LogP contribution is 2.28. The molecule has 0 fully saturated rings. The lowest BCUT2D eigenvalue weighted by molar-refractivity contribution is 0.412. The van der Waals surface area contributed by atoms with E-state index in [1.165, 1.54) is 6.07 Å². The van der Waals surface area contributed by atoms with E-state index >= 15 is 0 Å². The van der Waals surface area contributed by atoms with Crippen LogP contribution in [0.2, 0.25) is 0 Å². The fourth-order valence-electron chi connectivity index (χ4n) is 1.68. The summed E-state index contributed by atoms with van der Waals surface area (Å²) in [5, 5.41) is 0. The summed E-state index contributed by atoms with van der Waals surface area (Å²) in [6.07, 6.45) is 0. The third kappa shape index (κ3) is 1.91. The van der Waals surface area contributed by atoms with Gasteiger partial charge in [-0.2, -0.15) is 0 Å². The van der Waals surface area contributed by atoms with E-state index in [9.17, 15) is 4.39 Å². The molecule has 0 aliphatic heterocycles. The van der Waals surface area contributed by atoms with E-state index in [1.54, 1.807) is 19.2 Å². The summed E-state index contributed by atoms with van der Waals surface area (Å²) in [6, 6.07) is 12.4. The lowest BCUT2D eigenvalue weighted by atomic mass is 10.0. The zero-order valence-electron chi connectivity index (χ0n) is 9.33. The molecule has 2 heteroatoms. The Labute approximate surface area is 94.5 Å². The van der Waals surface area contributed by atoms with Gasteiger partial charge in [0.15, 0.2) is 0 Å². The highest BCUT2D eigenvalue weighted by molar-refractivity contribution is 5.66. The first-order chi connectivity index (χ1) is 7.72. The van der Waals surface area contributed by atoms with Crippen molar-refractivity contribution < 1.29 is 9.13 Å². The molecule has 0 heterocycles. The van der Waals surface area contributed by atoms with E-state index in [1.807, 2.05) is 31.2 Å². The van der Waals surface area contributed by atoms with Crippen molar-refractivity contribution in [3.05, 3.63) is 53.8 Å². The largest absolute Gasteiger partial charge is 0.496 e. The molecule has 0 aliphatic carbocycles. The monoisotopic (exact) mass is 216 g/mol. The van der Waals surface area contributed by atoms with E-state index < -0.39 is 0 Å². The van der Waals surface area contributed by atoms with Gasteiger partial charge >= 0.3 is 0 Å². The standard InChI is InChI=1S/C14H13FO/c1-10-7-8-11(9-14(10)16-2)12-5-3-4-6-13(12)15/h3-9H,1-2H3. The first-order valence-electron chi connectivity index (χ1n) is 5.12. The summed E-state index contributed by atoms with van der Waals surface area (Å²) in [7, 11) is 1.62. The van der Waals surface area contributed by atoms with Crippen LogP contribution in [0.4, 0.5) is 4.39 Å². The van der Waals surface area contributed by atoms with Crippen LogP contribution in [0.25, 0.3) is 11.1 Å². The maximum absolute atomic E-state index is 13.6.